The number of carbonyl (C=O) groups excluding carboxylic acids is 1. The SMILES string of the molecule is Cn1c(CCc2ccc(CN)cc2)nc2cc(N(Cc3cccc4ccccc34)C(=O)CN3CCC(Cc4ccccc4)CC3)ccc21. The Morgan fingerprint density at radius 2 is 1.54 bits per heavy atom. The van der Waals surface area contributed by atoms with Gasteiger partial charge < -0.3 is 15.2 Å². The van der Waals surface area contributed by atoms with E-state index in [0.29, 0.717) is 25.6 Å². The highest BCUT2D eigenvalue weighted by molar-refractivity contribution is 5.97. The van der Waals surface area contributed by atoms with Crippen LogP contribution in [0.4, 0.5) is 5.69 Å². The number of nitrogens with two attached hydrogens (primary N) is 1. The maximum atomic E-state index is 14.3. The molecule has 0 atom stereocenters. The first-order chi connectivity index (χ1) is 23.5. The van der Waals surface area contributed by atoms with Gasteiger partial charge in [0.2, 0.25) is 5.91 Å². The van der Waals surface area contributed by atoms with Crippen LogP contribution in [0.2, 0.25) is 0 Å². The highest BCUT2D eigenvalue weighted by Gasteiger charge is 2.25. The summed E-state index contributed by atoms with van der Waals surface area (Å²) in [6, 6.07) is 40.4. The molecular weight excluding hydrogens is 590 g/mol. The fourth-order valence-electron chi connectivity index (χ4n) is 7.22. The van der Waals surface area contributed by atoms with Crippen LogP contribution in [0.1, 0.15) is 40.9 Å². The number of imidazole rings is 1. The standard InChI is InChI=1S/C42H45N5O/c1-45-40-20-19-37(27-39(40)44-41(45)21-18-31-14-16-34(28-43)17-15-31)47(29-36-12-7-11-35-10-5-6-13-38(35)36)42(48)30-46-24-22-33(23-25-46)26-32-8-3-2-4-9-32/h2-17,19-20,27,33H,18,21-26,28-30,43H2,1H3. The van der Waals surface area contributed by atoms with E-state index in [1.54, 1.807) is 0 Å². The quantitative estimate of drug-likeness (QED) is 0.161. The third-order valence-electron chi connectivity index (χ3n) is 10.1. The number of amides is 1. The Labute approximate surface area is 283 Å². The molecule has 2 heterocycles. The van der Waals surface area contributed by atoms with Crippen molar-refractivity contribution in [3.63, 3.8) is 0 Å². The lowest BCUT2D eigenvalue weighted by molar-refractivity contribution is -0.120. The first-order valence-electron chi connectivity index (χ1n) is 17.3. The normalized spacial score (nSPS) is 14.1. The molecule has 1 aliphatic heterocycles. The van der Waals surface area contributed by atoms with Crippen molar-refractivity contribution < 1.29 is 4.79 Å². The van der Waals surface area contributed by atoms with Gasteiger partial charge in [-0.05, 0) is 95.9 Å². The topological polar surface area (TPSA) is 67.4 Å². The fourth-order valence-corrected chi connectivity index (χ4v) is 7.22. The zero-order chi connectivity index (χ0) is 32.9. The minimum atomic E-state index is 0.126. The number of fused-ring (bicyclic) bond motifs is 2. The maximum absolute atomic E-state index is 14.3. The lowest BCUT2D eigenvalue weighted by atomic mass is 9.90. The molecule has 7 rings (SSSR count). The van der Waals surface area contributed by atoms with Crippen LogP contribution in [-0.2, 0) is 44.2 Å². The van der Waals surface area contributed by atoms with Gasteiger partial charge in [-0.3, -0.25) is 9.69 Å². The molecule has 1 saturated heterocycles. The van der Waals surface area contributed by atoms with Crippen molar-refractivity contribution in [3.8, 4) is 0 Å². The molecule has 1 aromatic heterocycles. The van der Waals surface area contributed by atoms with Gasteiger partial charge in [-0.1, -0.05) is 97.1 Å². The van der Waals surface area contributed by atoms with Gasteiger partial charge in [0.15, 0.2) is 0 Å². The Morgan fingerprint density at radius 3 is 2.33 bits per heavy atom. The Bertz CT molecular complexity index is 1990. The van der Waals surface area contributed by atoms with E-state index in [-0.39, 0.29) is 5.91 Å². The number of benzene rings is 5. The van der Waals surface area contributed by atoms with E-state index in [2.05, 4.69) is 132 Å². The number of aryl methyl sites for hydroxylation is 3. The van der Waals surface area contributed by atoms with Crippen molar-refractivity contribution in [3.05, 3.63) is 143 Å². The second-order valence-corrected chi connectivity index (χ2v) is 13.3. The van der Waals surface area contributed by atoms with E-state index in [1.807, 2.05) is 4.90 Å². The molecule has 6 aromatic rings. The lowest BCUT2D eigenvalue weighted by Crippen LogP contribution is -2.43. The number of hydrogen-bond donors (Lipinski definition) is 1. The zero-order valence-electron chi connectivity index (χ0n) is 27.9. The zero-order valence-corrected chi connectivity index (χ0v) is 27.9. The van der Waals surface area contributed by atoms with Crippen LogP contribution in [0, 0.1) is 5.92 Å². The molecule has 0 saturated carbocycles. The number of anilines is 1. The second-order valence-electron chi connectivity index (χ2n) is 13.3. The molecule has 0 radical (unpaired) electrons. The molecule has 1 fully saturated rings. The summed E-state index contributed by atoms with van der Waals surface area (Å²) in [6.45, 7) is 3.37. The molecule has 0 aliphatic carbocycles. The molecule has 5 aromatic carbocycles. The van der Waals surface area contributed by atoms with E-state index in [4.69, 9.17) is 10.7 Å². The van der Waals surface area contributed by atoms with E-state index in [1.165, 1.54) is 21.9 Å². The molecule has 0 bridgehead atoms. The molecule has 6 heteroatoms. The molecule has 0 spiro atoms. The molecule has 48 heavy (non-hydrogen) atoms. The number of piperidine rings is 1. The van der Waals surface area contributed by atoms with Crippen LogP contribution in [-0.4, -0.2) is 40.0 Å². The first-order valence-corrected chi connectivity index (χ1v) is 17.3. The summed E-state index contributed by atoms with van der Waals surface area (Å²) < 4.78 is 2.18. The number of aromatic nitrogens is 2. The number of rotatable bonds is 11. The number of likely N-dealkylation sites (tertiary alicyclic amines) is 1. The van der Waals surface area contributed by atoms with Gasteiger partial charge in [-0.25, -0.2) is 4.98 Å². The van der Waals surface area contributed by atoms with E-state index >= 15 is 0 Å². The molecule has 6 nitrogen and oxygen atoms in total. The van der Waals surface area contributed by atoms with Gasteiger partial charge in [0.25, 0.3) is 0 Å². The van der Waals surface area contributed by atoms with Gasteiger partial charge in [0.05, 0.1) is 24.1 Å². The summed E-state index contributed by atoms with van der Waals surface area (Å²) in [6.07, 6.45) is 5.09. The second kappa shape index (κ2) is 14.5. The number of hydrogen-bond acceptors (Lipinski definition) is 4. The average molecular weight is 636 g/mol. The Balaban J connectivity index is 1.11. The van der Waals surface area contributed by atoms with Crippen molar-refractivity contribution in [2.45, 2.75) is 45.2 Å². The highest BCUT2D eigenvalue weighted by atomic mass is 16.2. The third-order valence-corrected chi connectivity index (χ3v) is 10.1. The Kier molecular flexibility index (Phi) is 9.64. The number of carbonyl (C=O) groups is 1. The van der Waals surface area contributed by atoms with Gasteiger partial charge in [0.1, 0.15) is 5.82 Å². The fraction of sp³-hybridized carbons (Fsp3) is 0.286. The number of nitrogens with zero attached hydrogens (tertiary/aromatic N) is 4. The summed E-state index contributed by atoms with van der Waals surface area (Å²) >= 11 is 0. The minimum Gasteiger partial charge on any atom is -0.331 e. The Hall–Kier alpha value is -4.78. The molecule has 2 N–H and O–H groups in total. The van der Waals surface area contributed by atoms with Crippen molar-refractivity contribution in [2.75, 3.05) is 24.5 Å². The van der Waals surface area contributed by atoms with Crippen molar-refractivity contribution in [1.82, 2.24) is 14.5 Å². The lowest BCUT2D eigenvalue weighted by Gasteiger charge is -2.33. The third kappa shape index (κ3) is 7.20. The minimum absolute atomic E-state index is 0.126. The first kappa shape index (κ1) is 31.8. The van der Waals surface area contributed by atoms with Crippen LogP contribution in [0.5, 0.6) is 0 Å². The van der Waals surface area contributed by atoms with Gasteiger partial charge in [0, 0.05) is 25.7 Å². The predicted octanol–water partition coefficient (Wildman–Crippen LogP) is 7.46. The van der Waals surface area contributed by atoms with Crippen molar-refractivity contribution in [1.29, 1.82) is 0 Å². The van der Waals surface area contributed by atoms with Gasteiger partial charge in [-0.15, -0.1) is 0 Å². The van der Waals surface area contributed by atoms with Crippen LogP contribution in [0.25, 0.3) is 21.8 Å². The monoisotopic (exact) mass is 635 g/mol. The van der Waals surface area contributed by atoms with Crippen molar-refractivity contribution in [2.24, 2.45) is 18.7 Å². The Morgan fingerprint density at radius 1 is 0.812 bits per heavy atom. The molecule has 244 valence electrons. The predicted molar refractivity (Wildman–Crippen MR) is 197 cm³/mol. The van der Waals surface area contributed by atoms with Crippen LogP contribution < -0.4 is 10.6 Å². The smallest absolute Gasteiger partial charge is 0.241 e. The van der Waals surface area contributed by atoms with E-state index in [9.17, 15) is 4.79 Å². The largest absolute Gasteiger partial charge is 0.331 e. The molecule has 1 aliphatic rings. The van der Waals surface area contributed by atoms with E-state index in [0.717, 1.165) is 78.9 Å². The molecule has 0 unspecified atom stereocenters. The summed E-state index contributed by atoms with van der Waals surface area (Å²) in [4.78, 5) is 23.7. The molecule has 1 amide bonds. The highest BCUT2D eigenvalue weighted by Crippen LogP contribution is 2.28. The summed E-state index contributed by atoms with van der Waals surface area (Å²) in [5, 5.41) is 2.37. The summed E-state index contributed by atoms with van der Waals surface area (Å²) in [5.41, 5.74) is 13.6. The summed E-state index contributed by atoms with van der Waals surface area (Å²) in [7, 11) is 2.09. The summed E-state index contributed by atoms with van der Waals surface area (Å²) in [5.74, 6) is 1.83. The van der Waals surface area contributed by atoms with Gasteiger partial charge >= 0.3 is 0 Å². The average Bonchev–Trinajstić information content (AvgIpc) is 3.45. The van der Waals surface area contributed by atoms with Crippen molar-refractivity contribution >= 4 is 33.4 Å². The molecular formula is C42H45N5O. The van der Waals surface area contributed by atoms with Crippen LogP contribution >= 0.6 is 0 Å². The van der Waals surface area contributed by atoms with Gasteiger partial charge in [-0.2, -0.15) is 0 Å². The van der Waals surface area contributed by atoms with Crippen LogP contribution in [0.3, 0.4) is 0 Å². The van der Waals surface area contributed by atoms with Crippen LogP contribution in [0.15, 0.2) is 115 Å². The van der Waals surface area contributed by atoms with E-state index < -0.39 is 0 Å². The maximum Gasteiger partial charge on any atom is 0.241 e.